The third-order valence-corrected chi connectivity index (χ3v) is 5.27. The molecule has 160 valence electrons. The zero-order valence-corrected chi connectivity index (χ0v) is 17.8. The van der Waals surface area contributed by atoms with Crippen LogP contribution in [0.1, 0.15) is 54.5 Å². The fourth-order valence-corrected chi connectivity index (χ4v) is 3.48. The van der Waals surface area contributed by atoms with Gasteiger partial charge in [-0.05, 0) is 36.3 Å². The van der Waals surface area contributed by atoms with Crippen LogP contribution < -0.4 is 21.8 Å². The van der Waals surface area contributed by atoms with Gasteiger partial charge in [0.1, 0.15) is 10.7 Å². The van der Waals surface area contributed by atoms with Gasteiger partial charge in [-0.2, -0.15) is 0 Å². The van der Waals surface area contributed by atoms with Crippen LogP contribution in [-0.4, -0.2) is 43.8 Å². The van der Waals surface area contributed by atoms with Crippen molar-refractivity contribution in [1.82, 2.24) is 24.8 Å². The van der Waals surface area contributed by atoms with Crippen molar-refractivity contribution in [2.24, 2.45) is 0 Å². The maximum atomic E-state index is 12.6. The van der Waals surface area contributed by atoms with E-state index >= 15 is 0 Å². The number of aromatic amines is 3. The molecule has 31 heavy (non-hydrogen) atoms. The van der Waals surface area contributed by atoms with E-state index in [-0.39, 0.29) is 22.0 Å². The summed E-state index contributed by atoms with van der Waals surface area (Å²) in [5, 5.41) is 0.246. The Hall–Kier alpha value is -3.68. The van der Waals surface area contributed by atoms with Crippen molar-refractivity contribution in [2.45, 2.75) is 32.6 Å². The summed E-state index contributed by atoms with van der Waals surface area (Å²) in [7, 11) is 0. The Labute approximate surface area is 178 Å². The topological polar surface area (TPSA) is 115 Å². The van der Waals surface area contributed by atoms with Gasteiger partial charge < -0.3 is 19.9 Å². The second kappa shape index (κ2) is 7.86. The van der Waals surface area contributed by atoms with Crippen molar-refractivity contribution in [3.63, 3.8) is 0 Å². The number of carbonyl (C=O) groups excluding carboxylic acids is 1. The van der Waals surface area contributed by atoms with Gasteiger partial charge in [0, 0.05) is 29.8 Å². The third-order valence-electron chi connectivity index (χ3n) is 5.27. The Kier molecular flexibility index (Phi) is 5.22. The number of carbonyl (C=O) groups is 1. The van der Waals surface area contributed by atoms with Crippen molar-refractivity contribution >= 4 is 18.1 Å². The van der Waals surface area contributed by atoms with Crippen molar-refractivity contribution in [1.29, 1.82) is 0 Å². The molecule has 0 aliphatic carbocycles. The summed E-state index contributed by atoms with van der Waals surface area (Å²) in [5.74, 6) is -0.0255. The van der Waals surface area contributed by atoms with Crippen LogP contribution >= 0.6 is 0 Å². The first-order chi connectivity index (χ1) is 14.7. The monoisotopic (exact) mass is 419 g/mol. The van der Waals surface area contributed by atoms with Crippen LogP contribution in [0.5, 0.6) is 0 Å². The van der Waals surface area contributed by atoms with E-state index < -0.39 is 11.1 Å². The van der Waals surface area contributed by atoms with Gasteiger partial charge in [0.15, 0.2) is 0 Å². The molecule has 1 aliphatic heterocycles. The molecule has 1 amide bonds. The Morgan fingerprint density at radius 2 is 1.74 bits per heavy atom. The lowest BCUT2D eigenvalue weighted by atomic mass is 9.90. The van der Waals surface area contributed by atoms with E-state index in [1.165, 1.54) is 0 Å². The molecule has 3 heterocycles. The number of imidazole rings is 1. The minimum Gasteiger partial charge on any atom is -0.348 e. The van der Waals surface area contributed by atoms with E-state index in [2.05, 4.69) is 19.9 Å². The van der Waals surface area contributed by atoms with Crippen molar-refractivity contribution < 1.29 is 4.79 Å². The minimum atomic E-state index is -0.432. The van der Waals surface area contributed by atoms with Gasteiger partial charge in [0.2, 0.25) is 0 Å². The maximum absolute atomic E-state index is 12.6. The Bertz CT molecular complexity index is 1370. The van der Waals surface area contributed by atoms with Crippen LogP contribution in [0.25, 0.3) is 12.2 Å². The van der Waals surface area contributed by atoms with Gasteiger partial charge >= 0.3 is 0 Å². The smallest absolute Gasteiger partial charge is 0.272 e. The number of H-pyrrole nitrogens is 3. The number of aromatic nitrogens is 4. The molecule has 0 saturated carbocycles. The first-order valence-electron chi connectivity index (χ1n) is 10.2. The van der Waals surface area contributed by atoms with Gasteiger partial charge in [-0.1, -0.05) is 32.9 Å². The summed E-state index contributed by atoms with van der Waals surface area (Å²) >= 11 is 0. The SMILES string of the molecule is CC(C)(C)c1[nH]cnc1/C=c1\[nH]c(=O)/c(=C/c2cccc(C(=O)N3CCC3)c2)[nH]c1=O. The molecule has 1 aliphatic rings. The molecule has 3 aromatic rings. The molecule has 0 unspecified atom stereocenters. The molecule has 8 heteroatoms. The molecule has 2 aromatic heterocycles. The number of amides is 1. The normalized spacial score (nSPS) is 15.3. The van der Waals surface area contributed by atoms with Crippen molar-refractivity contribution in [3.8, 4) is 0 Å². The Morgan fingerprint density at radius 3 is 2.35 bits per heavy atom. The molecule has 3 N–H and O–H groups in total. The minimum absolute atomic E-state index is 0.0255. The lowest BCUT2D eigenvalue weighted by molar-refractivity contribution is 0.0652. The molecule has 1 aromatic carbocycles. The number of benzene rings is 1. The number of likely N-dealkylation sites (tertiary alicyclic amines) is 1. The highest BCUT2D eigenvalue weighted by atomic mass is 16.2. The average molecular weight is 419 g/mol. The molecule has 1 fully saturated rings. The highest BCUT2D eigenvalue weighted by Gasteiger charge is 2.21. The molecule has 1 saturated heterocycles. The summed E-state index contributed by atoms with van der Waals surface area (Å²) in [6.45, 7) is 7.63. The van der Waals surface area contributed by atoms with Gasteiger partial charge in [-0.3, -0.25) is 14.4 Å². The van der Waals surface area contributed by atoms with Crippen molar-refractivity contribution in [2.75, 3.05) is 13.1 Å². The zero-order valence-electron chi connectivity index (χ0n) is 17.8. The predicted octanol–water partition coefficient (Wildman–Crippen LogP) is 0.587. The van der Waals surface area contributed by atoms with Crippen LogP contribution in [-0.2, 0) is 5.41 Å². The second-order valence-corrected chi connectivity index (χ2v) is 8.71. The molecule has 0 bridgehead atoms. The molecular formula is C23H25N5O3. The largest absolute Gasteiger partial charge is 0.348 e. The fourth-order valence-electron chi connectivity index (χ4n) is 3.48. The molecule has 0 radical (unpaired) electrons. The van der Waals surface area contributed by atoms with Gasteiger partial charge in [-0.15, -0.1) is 0 Å². The number of hydrogen-bond donors (Lipinski definition) is 3. The van der Waals surface area contributed by atoms with Crippen LogP contribution in [0, 0.1) is 0 Å². The second-order valence-electron chi connectivity index (χ2n) is 8.71. The highest BCUT2D eigenvalue weighted by Crippen LogP contribution is 2.22. The fraction of sp³-hybridized carbons (Fsp3) is 0.304. The van der Waals surface area contributed by atoms with E-state index in [0.717, 1.165) is 25.2 Å². The summed E-state index contributed by atoms with van der Waals surface area (Å²) in [6, 6.07) is 7.01. The van der Waals surface area contributed by atoms with Crippen LogP contribution in [0.2, 0.25) is 0 Å². The first kappa shape index (κ1) is 20.6. The lowest BCUT2D eigenvalue weighted by Gasteiger charge is -2.30. The van der Waals surface area contributed by atoms with E-state index in [1.807, 2.05) is 20.8 Å². The van der Waals surface area contributed by atoms with E-state index in [4.69, 9.17) is 0 Å². The van der Waals surface area contributed by atoms with Crippen LogP contribution in [0.3, 0.4) is 0 Å². The molecule has 8 nitrogen and oxygen atoms in total. The standard InChI is InChI=1S/C23H25N5O3/c1-23(2,3)19-16(24-13-25-19)12-18-21(30)26-17(20(29)27-18)11-14-6-4-7-15(10-14)22(31)28-8-5-9-28/h4,6-7,10-13H,5,8-9H2,1-3H3,(H,24,25)(H,26,30)(H,27,29)/b17-11-,18-12-. The van der Waals surface area contributed by atoms with Crippen LogP contribution in [0.4, 0.5) is 0 Å². The van der Waals surface area contributed by atoms with E-state index in [1.54, 1.807) is 47.6 Å². The molecule has 0 atom stereocenters. The molecular weight excluding hydrogens is 394 g/mol. The molecule has 0 spiro atoms. The average Bonchev–Trinajstić information content (AvgIpc) is 3.13. The third kappa shape index (κ3) is 4.28. The van der Waals surface area contributed by atoms with Crippen molar-refractivity contribution in [3.05, 3.63) is 84.5 Å². The number of nitrogens with zero attached hydrogens (tertiary/aromatic N) is 2. The number of hydrogen-bond acceptors (Lipinski definition) is 4. The van der Waals surface area contributed by atoms with E-state index in [0.29, 0.717) is 16.8 Å². The quantitative estimate of drug-likeness (QED) is 0.576. The first-order valence-corrected chi connectivity index (χ1v) is 10.2. The van der Waals surface area contributed by atoms with Gasteiger partial charge in [0.05, 0.1) is 12.0 Å². The number of nitrogens with one attached hydrogen (secondary N) is 3. The molecule has 4 rings (SSSR count). The summed E-state index contributed by atoms with van der Waals surface area (Å²) in [5.41, 5.74) is 1.63. The Balaban J connectivity index is 1.73. The lowest BCUT2D eigenvalue weighted by Crippen LogP contribution is -2.46. The summed E-state index contributed by atoms with van der Waals surface area (Å²) < 4.78 is 0. The summed E-state index contributed by atoms with van der Waals surface area (Å²) in [6.07, 6.45) is 5.71. The highest BCUT2D eigenvalue weighted by molar-refractivity contribution is 5.95. The summed E-state index contributed by atoms with van der Waals surface area (Å²) in [4.78, 5) is 52.0. The van der Waals surface area contributed by atoms with Crippen LogP contribution in [0.15, 0.2) is 40.2 Å². The Morgan fingerprint density at radius 1 is 1.06 bits per heavy atom. The zero-order chi connectivity index (χ0) is 22.2. The van der Waals surface area contributed by atoms with E-state index in [9.17, 15) is 14.4 Å². The van der Waals surface area contributed by atoms with Gasteiger partial charge in [0.25, 0.3) is 17.0 Å². The maximum Gasteiger partial charge on any atom is 0.272 e. The predicted molar refractivity (Wildman–Crippen MR) is 118 cm³/mol. The van der Waals surface area contributed by atoms with Gasteiger partial charge in [-0.25, -0.2) is 4.98 Å². The number of rotatable bonds is 3.